The molecule has 0 bridgehead atoms. The number of nitrogens with zero attached hydrogens (tertiary/aromatic N) is 3. The van der Waals surface area contributed by atoms with Gasteiger partial charge in [-0.2, -0.15) is 0 Å². The van der Waals surface area contributed by atoms with Gasteiger partial charge in [0, 0.05) is 23.6 Å². The third-order valence-corrected chi connectivity index (χ3v) is 6.03. The second kappa shape index (κ2) is 9.35. The number of aromatic nitrogens is 3. The Kier molecular flexibility index (Phi) is 6.37. The second-order valence-electron chi connectivity index (χ2n) is 7.94. The van der Waals surface area contributed by atoms with Crippen molar-refractivity contribution in [3.8, 4) is 0 Å². The van der Waals surface area contributed by atoms with Gasteiger partial charge in [-0.25, -0.2) is 4.98 Å². The van der Waals surface area contributed by atoms with E-state index in [4.69, 9.17) is 4.98 Å². The van der Waals surface area contributed by atoms with Gasteiger partial charge in [0.25, 0.3) is 5.91 Å². The van der Waals surface area contributed by atoms with E-state index in [2.05, 4.69) is 46.1 Å². The molecule has 2 heterocycles. The zero-order chi connectivity index (χ0) is 21.8. The fourth-order valence-electron chi connectivity index (χ4n) is 3.33. The summed E-state index contributed by atoms with van der Waals surface area (Å²) in [5, 5.41) is 3.89. The Morgan fingerprint density at radius 1 is 1.03 bits per heavy atom. The van der Waals surface area contributed by atoms with Crippen molar-refractivity contribution in [2.75, 3.05) is 0 Å². The molecule has 1 amide bonds. The van der Waals surface area contributed by atoms with E-state index in [9.17, 15) is 4.79 Å². The van der Waals surface area contributed by atoms with Gasteiger partial charge in [0.1, 0.15) is 0 Å². The van der Waals surface area contributed by atoms with E-state index in [1.54, 1.807) is 18.0 Å². The van der Waals surface area contributed by atoms with Gasteiger partial charge in [-0.05, 0) is 50.1 Å². The number of fused-ring (bicyclic) bond motifs is 1. The summed E-state index contributed by atoms with van der Waals surface area (Å²) in [7, 11) is 0. The van der Waals surface area contributed by atoms with Crippen LogP contribution in [0.1, 0.15) is 40.9 Å². The Balaban J connectivity index is 1.53. The molecule has 0 aliphatic carbocycles. The Morgan fingerprint density at radius 3 is 2.45 bits per heavy atom. The van der Waals surface area contributed by atoms with Crippen molar-refractivity contribution in [2.24, 2.45) is 0 Å². The highest BCUT2D eigenvalue weighted by molar-refractivity contribution is 7.98. The van der Waals surface area contributed by atoms with Crippen LogP contribution in [0.4, 0.5) is 0 Å². The van der Waals surface area contributed by atoms with E-state index < -0.39 is 0 Å². The monoisotopic (exact) mass is 430 g/mol. The van der Waals surface area contributed by atoms with Gasteiger partial charge in [0.15, 0.2) is 5.16 Å². The molecule has 0 unspecified atom stereocenters. The van der Waals surface area contributed by atoms with Crippen LogP contribution in [-0.2, 0) is 12.3 Å². The number of benzene rings is 2. The minimum Gasteiger partial charge on any atom is -0.350 e. The van der Waals surface area contributed by atoms with E-state index in [0.717, 1.165) is 34.1 Å². The summed E-state index contributed by atoms with van der Waals surface area (Å²) in [6.07, 6.45) is 3.66. The van der Waals surface area contributed by atoms with Gasteiger partial charge in [-0.3, -0.25) is 9.78 Å². The quantitative estimate of drug-likeness (QED) is 0.409. The largest absolute Gasteiger partial charge is 0.350 e. The first-order valence-electron chi connectivity index (χ1n) is 10.4. The number of hydrogen-bond donors (Lipinski definition) is 1. The topological polar surface area (TPSA) is 59.8 Å². The zero-order valence-electron chi connectivity index (χ0n) is 18.0. The molecule has 158 valence electrons. The summed E-state index contributed by atoms with van der Waals surface area (Å²) in [4.78, 5) is 21.3. The Bertz CT molecular complexity index is 1180. The highest BCUT2D eigenvalue weighted by Crippen LogP contribution is 2.27. The molecule has 0 aliphatic rings. The predicted molar refractivity (Wildman–Crippen MR) is 126 cm³/mol. The molecule has 5 nitrogen and oxygen atoms in total. The molecular weight excluding hydrogens is 404 g/mol. The Hall–Kier alpha value is -3.12. The maximum absolute atomic E-state index is 12.1. The highest BCUT2D eigenvalue weighted by Gasteiger charge is 2.13. The summed E-state index contributed by atoms with van der Waals surface area (Å²) >= 11 is 1.70. The molecule has 0 aliphatic heterocycles. The number of nitrogens with one attached hydrogen (secondary N) is 1. The van der Waals surface area contributed by atoms with E-state index in [1.165, 1.54) is 11.1 Å². The van der Waals surface area contributed by atoms with Gasteiger partial charge in [-0.15, -0.1) is 0 Å². The lowest BCUT2D eigenvalue weighted by molar-refractivity contribution is 0.0943. The van der Waals surface area contributed by atoms with E-state index >= 15 is 0 Å². The van der Waals surface area contributed by atoms with Gasteiger partial charge < -0.3 is 9.88 Å². The Labute approximate surface area is 186 Å². The van der Waals surface area contributed by atoms with Crippen LogP contribution in [0.3, 0.4) is 0 Å². The van der Waals surface area contributed by atoms with Crippen LogP contribution >= 0.6 is 11.8 Å². The summed E-state index contributed by atoms with van der Waals surface area (Å²) < 4.78 is 2.22. The molecule has 0 fully saturated rings. The molecule has 2 aromatic carbocycles. The summed E-state index contributed by atoms with van der Waals surface area (Å²) in [5.41, 5.74) is 6.30. The third kappa shape index (κ3) is 5.14. The van der Waals surface area contributed by atoms with E-state index in [1.807, 2.05) is 50.4 Å². The summed E-state index contributed by atoms with van der Waals surface area (Å²) in [6, 6.07) is 18.5. The third-order valence-electron chi connectivity index (χ3n) is 4.98. The number of amides is 1. The average molecular weight is 431 g/mol. The molecule has 0 atom stereocenters. The van der Waals surface area contributed by atoms with Gasteiger partial charge in [0.05, 0.1) is 23.8 Å². The van der Waals surface area contributed by atoms with Crippen molar-refractivity contribution >= 4 is 28.7 Å². The second-order valence-corrected chi connectivity index (χ2v) is 8.89. The van der Waals surface area contributed by atoms with Crippen LogP contribution < -0.4 is 5.32 Å². The van der Waals surface area contributed by atoms with Crippen molar-refractivity contribution in [1.82, 2.24) is 19.9 Å². The molecule has 2 aromatic heterocycles. The number of hydrogen-bond acceptors (Lipinski definition) is 4. The lowest BCUT2D eigenvalue weighted by Gasteiger charge is -2.10. The lowest BCUT2D eigenvalue weighted by atomic mass is 10.1. The molecule has 4 rings (SSSR count). The molecular formula is C25H26N4OS. The predicted octanol–water partition coefficient (Wildman–Crippen LogP) is 5.22. The zero-order valence-corrected chi connectivity index (χ0v) is 18.8. The van der Waals surface area contributed by atoms with Crippen molar-refractivity contribution in [1.29, 1.82) is 0 Å². The molecule has 31 heavy (non-hydrogen) atoms. The SMILES string of the molecule is Cc1ccc(Cn2c(SCc3ccc(C(=O)NC(C)C)cc3)nc3ccncc32)cc1. The van der Waals surface area contributed by atoms with Crippen LogP contribution in [0.15, 0.2) is 72.1 Å². The number of thioether (sulfide) groups is 1. The fourth-order valence-corrected chi connectivity index (χ4v) is 4.30. The molecule has 4 aromatic rings. The van der Waals surface area contributed by atoms with Crippen molar-refractivity contribution < 1.29 is 4.79 Å². The number of carbonyl (C=O) groups is 1. The summed E-state index contributed by atoms with van der Waals surface area (Å²) in [5.74, 6) is 0.734. The van der Waals surface area contributed by atoms with Crippen LogP contribution in [-0.4, -0.2) is 26.5 Å². The molecule has 0 saturated heterocycles. The standard InChI is InChI=1S/C25H26N4OS/c1-17(2)27-24(30)21-10-8-20(9-11-21)16-31-25-28-22-12-13-26-14-23(22)29(25)15-19-6-4-18(3)5-7-19/h4-14,17H,15-16H2,1-3H3,(H,27,30). The van der Waals surface area contributed by atoms with Gasteiger partial charge in [-0.1, -0.05) is 53.7 Å². The molecule has 0 saturated carbocycles. The average Bonchev–Trinajstić information content (AvgIpc) is 3.11. The Morgan fingerprint density at radius 2 is 1.74 bits per heavy atom. The smallest absolute Gasteiger partial charge is 0.251 e. The van der Waals surface area contributed by atoms with Crippen molar-refractivity contribution in [2.45, 2.75) is 44.3 Å². The number of aryl methyl sites for hydroxylation is 1. The minimum absolute atomic E-state index is 0.0402. The van der Waals surface area contributed by atoms with Crippen LogP contribution in [0, 0.1) is 6.92 Å². The van der Waals surface area contributed by atoms with Crippen LogP contribution in [0.5, 0.6) is 0 Å². The van der Waals surface area contributed by atoms with Crippen LogP contribution in [0.2, 0.25) is 0 Å². The van der Waals surface area contributed by atoms with Crippen molar-refractivity contribution in [3.05, 3.63) is 89.2 Å². The van der Waals surface area contributed by atoms with E-state index in [-0.39, 0.29) is 11.9 Å². The fraction of sp³-hybridized carbons (Fsp3) is 0.240. The molecule has 0 spiro atoms. The normalized spacial score (nSPS) is 11.2. The maximum Gasteiger partial charge on any atom is 0.251 e. The number of imidazole rings is 1. The lowest BCUT2D eigenvalue weighted by Crippen LogP contribution is -2.29. The first-order chi connectivity index (χ1) is 15.0. The van der Waals surface area contributed by atoms with Gasteiger partial charge in [0.2, 0.25) is 0 Å². The number of rotatable bonds is 7. The number of pyridine rings is 1. The molecule has 0 radical (unpaired) electrons. The first kappa shape index (κ1) is 21.1. The molecule has 6 heteroatoms. The van der Waals surface area contributed by atoms with Gasteiger partial charge >= 0.3 is 0 Å². The van der Waals surface area contributed by atoms with E-state index in [0.29, 0.717) is 5.56 Å². The maximum atomic E-state index is 12.1. The number of carbonyl (C=O) groups excluding carboxylic acids is 1. The highest BCUT2D eigenvalue weighted by atomic mass is 32.2. The first-order valence-corrected chi connectivity index (χ1v) is 11.4. The molecule has 1 N–H and O–H groups in total. The van der Waals surface area contributed by atoms with Crippen LogP contribution in [0.25, 0.3) is 11.0 Å². The minimum atomic E-state index is -0.0402. The summed E-state index contributed by atoms with van der Waals surface area (Å²) in [6.45, 7) is 6.76. The van der Waals surface area contributed by atoms with Crippen molar-refractivity contribution in [3.63, 3.8) is 0 Å².